The molecule has 1 spiro atoms. The maximum atomic E-state index is 13.1. The Kier molecular flexibility index (Phi) is 4.70. The number of aliphatic imine (C=N–C) groups is 1. The van der Waals surface area contributed by atoms with Crippen LogP contribution in [0.5, 0.6) is 0 Å². The predicted octanol–water partition coefficient (Wildman–Crippen LogP) is 3.94. The van der Waals surface area contributed by atoms with Gasteiger partial charge in [0, 0.05) is 12.7 Å². The first-order chi connectivity index (χ1) is 14.2. The topological polar surface area (TPSA) is 69.6 Å². The second-order valence-electron chi connectivity index (χ2n) is 8.34. The number of likely N-dealkylation sites (tertiary alicyclic amines) is 1. The number of para-hydroxylation sites is 2. The number of hydrogen-bond donors (Lipinski definition) is 2. The summed E-state index contributed by atoms with van der Waals surface area (Å²) in [7, 11) is 0. The average molecular weight is 390 g/mol. The van der Waals surface area contributed by atoms with Crippen LogP contribution in [0, 0.1) is 0 Å². The highest BCUT2D eigenvalue weighted by atomic mass is 16.2. The molecule has 1 aromatic heterocycles. The molecule has 5 rings (SSSR count). The number of amides is 1. The van der Waals surface area contributed by atoms with Gasteiger partial charge in [-0.1, -0.05) is 31.0 Å². The number of amidine groups is 1. The van der Waals surface area contributed by atoms with Gasteiger partial charge >= 0.3 is 0 Å². The normalized spacial score (nSPS) is 25.5. The molecule has 2 N–H and O–H groups in total. The van der Waals surface area contributed by atoms with E-state index in [1.54, 1.807) is 12.3 Å². The maximum Gasteiger partial charge on any atom is 0.272 e. The summed E-state index contributed by atoms with van der Waals surface area (Å²) < 4.78 is 0. The van der Waals surface area contributed by atoms with Gasteiger partial charge in [0.25, 0.3) is 5.91 Å². The van der Waals surface area contributed by atoms with Gasteiger partial charge < -0.3 is 15.5 Å². The van der Waals surface area contributed by atoms with Crippen molar-refractivity contribution < 1.29 is 4.79 Å². The quantitative estimate of drug-likeness (QED) is 0.816. The second-order valence-corrected chi connectivity index (χ2v) is 8.34. The van der Waals surface area contributed by atoms with Gasteiger partial charge in [0.15, 0.2) is 0 Å². The van der Waals surface area contributed by atoms with Crippen LogP contribution in [0.15, 0.2) is 53.7 Å². The van der Waals surface area contributed by atoms with Crippen LogP contribution in [0.1, 0.15) is 49.0 Å². The zero-order valence-electron chi connectivity index (χ0n) is 16.6. The Morgan fingerprint density at radius 1 is 1.07 bits per heavy atom. The first-order valence-electron chi connectivity index (χ1n) is 10.7. The van der Waals surface area contributed by atoms with Crippen molar-refractivity contribution in [3.63, 3.8) is 0 Å². The molecule has 0 bridgehead atoms. The number of nitrogens with zero attached hydrogens (tertiary/aromatic N) is 3. The Balaban J connectivity index is 1.48. The van der Waals surface area contributed by atoms with E-state index in [1.807, 2.05) is 29.2 Å². The van der Waals surface area contributed by atoms with E-state index in [2.05, 4.69) is 27.8 Å². The van der Waals surface area contributed by atoms with Crippen molar-refractivity contribution in [2.75, 3.05) is 23.7 Å². The zero-order valence-corrected chi connectivity index (χ0v) is 16.6. The van der Waals surface area contributed by atoms with Crippen LogP contribution in [0.25, 0.3) is 0 Å². The Morgan fingerprint density at radius 2 is 1.86 bits per heavy atom. The molecule has 1 atom stereocenters. The van der Waals surface area contributed by atoms with E-state index in [0.29, 0.717) is 18.3 Å². The van der Waals surface area contributed by atoms with Gasteiger partial charge in [-0.3, -0.25) is 14.8 Å². The SMILES string of the molecule is O=C(c1ccccn1)N1CCC[C@]2(C1)Nc1ccccc1NC2=NC1CCCC1. The number of carbonyl (C=O) groups is 1. The Morgan fingerprint density at radius 3 is 2.66 bits per heavy atom. The lowest BCUT2D eigenvalue weighted by Crippen LogP contribution is -2.62. The van der Waals surface area contributed by atoms with Crippen LogP contribution in [-0.4, -0.2) is 46.3 Å². The van der Waals surface area contributed by atoms with Crippen LogP contribution in [-0.2, 0) is 0 Å². The van der Waals surface area contributed by atoms with E-state index in [4.69, 9.17) is 4.99 Å². The average Bonchev–Trinajstić information content (AvgIpc) is 3.28. The van der Waals surface area contributed by atoms with Gasteiger partial charge in [0.1, 0.15) is 17.1 Å². The smallest absolute Gasteiger partial charge is 0.272 e. The third-order valence-corrected chi connectivity index (χ3v) is 6.31. The molecule has 1 amide bonds. The van der Waals surface area contributed by atoms with Gasteiger partial charge in [-0.25, -0.2) is 0 Å². The van der Waals surface area contributed by atoms with Gasteiger partial charge in [0.2, 0.25) is 0 Å². The third kappa shape index (κ3) is 3.48. The minimum Gasteiger partial charge on any atom is -0.370 e. The molecule has 0 unspecified atom stereocenters. The van der Waals surface area contributed by atoms with E-state index in [1.165, 1.54) is 12.8 Å². The number of piperidine rings is 1. The molecule has 29 heavy (non-hydrogen) atoms. The number of nitrogens with one attached hydrogen (secondary N) is 2. The molecule has 6 heteroatoms. The molecule has 2 aromatic rings. The van der Waals surface area contributed by atoms with Crippen molar-refractivity contribution in [2.24, 2.45) is 4.99 Å². The fraction of sp³-hybridized carbons (Fsp3) is 0.435. The van der Waals surface area contributed by atoms with Gasteiger partial charge in [-0.05, 0) is 49.9 Å². The highest BCUT2D eigenvalue weighted by molar-refractivity contribution is 6.10. The van der Waals surface area contributed by atoms with Crippen LogP contribution in [0.4, 0.5) is 11.4 Å². The molecule has 6 nitrogen and oxygen atoms in total. The molecule has 3 heterocycles. The molecule has 1 saturated carbocycles. The van der Waals surface area contributed by atoms with E-state index in [-0.39, 0.29) is 11.4 Å². The molecule has 150 valence electrons. The summed E-state index contributed by atoms with van der Waals surface area (Å²) in [6, 6.07) is 14.1. The molecule has 1 saturated heterocycles. The van der Waals surface area contributed by atoms with Crippen molar-refractivity contribution in [1.29, 1.82) is 0 Å². The number of fused-ring (bicyclic) bond motifs is 1. The number of benzene rings is 1. The molecule has 2 aliphatic heterocycles. The molecule has 1 aromatic carbocycles. The van der Waals surface area contributed by atoms with Crippen LogP contribution >= 0.6 is 0 Å². The fourth-order valence-electron chi connectivity index (χ4n) is 4.81. The number of anilines is 2. The first-order valence-corrected chi connectivity index (χ1v) is 10.7. The highest BCUT2D eigenvalue weighted by Crippen LogP contribution is 2.37. The standard InChI is InChI=1S/C23H27N5O/c29-21(20-12-5-6-14-24-20)28-15-7-13-23(16-28)22(25-17-8-1-2-9-17)26-18-10-3-4-11-19(18)27-23/h3-6,10-12,14,17,27H,1-2,7-9,13,15-16H2,(H,25,26)/t23-/m1/s1. The second kappa shape index (κ2) is 7.50. The largest absolute Gasteiger partial charge is 0.370 e. The lowest BCUT2D eigenvalue weighted by atomic mass is 9.84. The summed E-state index contributed by atoms with van der Waals surface area (Å²) in [6.07, 6.45) is 8.37. The predicted molar refractivity (Wildman–Crippen MR) is 115 cm³/mol. The van der Waals surface area contributed by atoms with Crippen molar-refractivity contribution in [2.45, 2.75) is 50.1 Å². The Labute approximate surface area is 171 Å². The van der Waals surface area contributed by atoms with E-state index < -0.39 is 0 Å². The lowest BCUT2D eigenvalue weighted by molar-refractivity contribution is 0.0688. The summed E-state index contributed by atoms with van der Waals surface area (Å²) in [5, 5.41) is 7.38. The van der Waals surface area contributed by atoms with Crippen molar-refractivity contribution in [3.05, 3.63) is 54.4 Å². The summed E-state index contributed by atoms with van der Waals surface area (Å²) in [5.74, 6) is 0.979. The van der Waals surface area contributed by atoms with Crippen LogP contribution in [0.2, 0.25) is 0 Å². The minimum absolute atomic E-state index is 0.00875. The third-order valence-electron chi connectivity index (χ3n) is 6.31. The van der Waals surface area contributed by atoms with Gasteiger partial charge in [-0.15, -0.1) is 0 Å². The van der Waals surface area contributed by atoms with E-state index in [9.17, 15) is 4.79 Å². The maximum absolute atomic E-state index is 13.1. The lowest BCUT2D eigenvalue weighted by Gasteiger charge is -2.47. The van der Waals surface area contributed by atoms with E-state index in [0.717, 1.165) is 49.4 Å². The van der Waals surface area contributed by atoms with Crippen LogP contribution in [0.3, 0.4) is 0 Å². The van der Waals surface area contributed by atoms with Crippen molar-refractivity contribution in [1.82, 2.24) is 9.88 Å². The highest BCUT2D eigenvalue weighted by Gasteiger charge is 2.45. The Hall–Kier alpha value is -2.89. The molecule has 1 aliphatic carbocycles. The van der Waals surface area contributed by atoms with Gasteiger partial charge in [-0.2, -0.15) is 0 Å². The van der Waals surface area contributed by atoms with Gasteiger partial charge in [0.05, 0.1) is 24.0 Å². The molecule has 0 radical (unpaired) electrons. The first kappa shape index (κ1) is 18.2. The molecule has 3 aliphatic rings. The zero-order chi connectivity index (χ0) is 19.7. The molecule has 2 fully saturated rings. The summed E-state index contributed by atoms with van der Waals surface area (Å²) in [4.78, 5) is 24.5. The fourth-order valence-corrected chi connectivity index (χ4v) is 4.81. The summed E-state index contributed by atoms with van der Waals surface area (Å²) in [6.45, 7) is 1.34. The summed E-state index contributed by atoms with van der Waals surface area (Å²) >= 11 is 0. The molecular weight excluding hydrogens is 362 g/mol. The van der Waals surface area contributed by atoms with Crippen molar-refractivity contribution in [3.8, 4) is 0 Å². The molecular formula is C23H27N5O. The monoisotopic (exact) mass is 389 g/mol. The number of hydrogen-bond acceptors (Lipinski definition) is 4. The Bertz CT molecular complexity index is 922. The van der Waals surface area contributed by atoms with Crippen molar-refractivity contribution >= 4 is 23.1 Å². The van der Waals surface area contributed by atoms with E-state index >= 15 is 0 Å². The number of carbonyl (C=O) groups excluding carboxylic acids is 1. The minimum atomic E-state index is -0.375. The summed E-state index contributed by atoms with van der Waals surface area (Å²) in [5.41, 5.74) is 2.26. The number of pyridine rings is 1. The number of rotatable bonds is 2. The van der Waals surface area contributed by atoms with Crippen LogP contribution < -0.4 is 10.6 Å². The number of aromatic nitrogens is 1.